The third-order valence-corrected chi connectivity index (χ3v) is 2.36. The lowest BCUT2D eigenvalue weighted by molar-refractivity contribution is -0.143. The normalized spacial score (nSPS) is 12.3. The Bertz CT molecular complexity index is 377. The van der Waals surface area contributed by atoms with Crippen molar-refractivity contribution >= 4 is 5.97 Å². The van der Waals surface area contributed by atoms with Crippen LogP contribution >= 0.6 is 0 Å². The molecule has 4 heteroatoms. The van der Waals surface area contributed by atoms with Gasteiger partial charge in [-0.3, -0.25) is 5.32 Å². The molecule has 0 amide bonds. The van der Waals surface area contributed by atoms with Crippen molar-refractivity contribution in [3.05, 3.63) is 29.8 Å². The molecular formula is C13H19NO3. The van der Waals surface area contributed by atoms with Gasteiger partial charge in [-0.2, -0.15) is 0 Å². The van der Waals surface area contributed by atoms with E-state index in [1.807, 2.05) is 38.1 Å². The van der Waals surface area contributed by atoms with Crippen molar-refractivity contribution in [3.63, 3.8) is 0 Å². The van der Waals surface area contributed by atoms with Crippen LogP contribution in [0, 0.1) is 0 Å². The Balaban J connectivity index is 2.98. The number of carbonyl (C=O) groups is 1. The molecule has 1 unspecified atom stereocenters. The van der Waals surface area contributed by atoms with E-state index in [9.17, 15) is 4.79 Å². The lowest BCUT2D eigenvalue weighted by atomic mass is 10.1. The lowest BCUT2D eigenvalue weighted by Gasteiger charge is -2.19. The molecule has 0 fully saturated rings. The van der Waals surface area contributed by atoms with Crippen LogP contribution in [0.25, 0.3) is 0 Å². The minimum atomic E-state index is -0.463. The second kappa shape index (κ2) is 6.25. The van der Waals surface area contributed by atoms with E-state index in [2.05, 4.69) is 5.32 Å². The van der Waals surface area contributed by atoms with Crippen LogP contribution < -0.4 is 10.1 Å². The van der Waals surface area contributed by atoms with Crippen LogP contribution in [0.2, 0.25) is 0 Å². The van der Waals surface area contributed by atoms with Gasteiger partial charge in [0.25, 0.3) is 0 Å². The Morgan fingerprint density at radius 2 is 2.00 bits per heavy atom. The third-order valence-electron chi connectivity index (χ3n) is 2.36. The predicted molar refractivity (Wildman–Crippen MR) is 66.0 cm³/mol. The standard InChI is InChI=1S/C13H19NO3/c1-9(2)14-12(13(15)17-4)10-6-5-7-11(8-10)16-3/h5-9,12,14H,1-4H3. The van der Waals surface area contributed by atoms with Crippen LogP contribution in [0.1, 0.15) is 25.5 Å². The molecule has 0 bridgehead atoms. The predicted octanol–water partition coefficient (Wildman–Crippen LogP) is 1.91. The fourth-order valence-corrected chi connectivity index (χ4v) is 1.57. The fourth-order valence-electron chi connectivity index (χ4n) is 1.57. The highest BCUT2D eigenvalue weighted by Crippen LogP contribution is 2.20. The highest BCUT2D eigenvalue weighted by molar-refractivity contribution is 5.77. The molecule has 0 heterocycles. The molecule has 0 saturated carbocycles. The third kappa shape index (κ3) is 3.75. The maximum atomic E-state index is 11.7. The number of ether oxygens (including phenoxy) is 2. The van der Waals surface area contributed by atoms with Gasteiger partial charge in [0.15, 0.2) is 0 Å². The summed E-state index contributed by atoms with van der Waals surface area (Å²) in [6.07, 6.45) is 0. The molecule has 1 atom stereocenters. The highest BCUT2D eigenvalue weighted by Gasteiger charge is 2.22. The van der Waals surface area contributed by atoms with E-state index in [0.29, 0.717) is 0 Å². The average molecular weight is 237 g/mol. The highest BCUT2D eigenvalue weighted by atomic mass is 16.5. The monoisotopic (exact) mass is 237 g/mol. The van der Waals surface area contributed by atoms with Gasteiger partial charge in [0.1, 0.15) is 11.8 Å². The Labute approximate surface area is 102 Å². The van der Waals surface area contributed by atoms with Crippen LogP contribution in [0.3, 0.4) is 0 Å². The van der Waals surface area contributed by atoms with Crippen molar-refractivity contribution in [1.29, 1.82) is 0 Å². The van der Waals surface area contributed by atoms with E-state index in [1.54, 1.807) is 7.11 Å². The van der Waals surface area contributed by atoms with Crippen molar-refractivity contribution in [2.24, 2.45) is 0 Å². The number of methoxy groups -OCH3 is 2. The number of esters is 1. The molecular weight excluding hydrogens is 218 g/mol. The van der Waals surface area contributed by atoms with Crippen LogP contribution in [-0.2, 0) is 9.53 Å². The summed E-state index contributed by atoms with van der Waals surface area (Å²) in [4.78, 5) is 11.7. The van der Waals surface area contributed by atoms with E-state index in [1.165, 1.54) is 7.11 Å². The quantitative estimate of drug-likeness (QED) is 0.795. The van der Waals surface area contributed by atoms with Gasteiger partial charge in [-0.05, 0) is 31.5 Å². The summed E-state index contributed by atoms with van der Waals surface area (Å²) in [5, 5.41) is 3.17. The zero-order valence-electron chi connectivity index (χ0n) is 10.7. The lowest BCUT2D eigenvalue weighted by Crippen LogP contribution is -2.34. The number of carbonyl (C=O) groups excluding carboxylic acids is 1. The molecule has 0 aliphatic heterocycles. The first-order valence-corrected chi connectivity index (χ1v) is 5.56. The summed E-state index contributed by atoms with van der Waals surface area (Å²) in [6.45, 7) is 3.96. The summed E-state index contributed by atoms with van der Waals surface area (Å²) in [6, 6.07) is 7.12. The van der Waals surface area contributed by atoms with Gasteiger partial charge in [-0.15, -0.1) is 0 Å². The Morgan fingerprint density at radius 3 is 2.53 bits per heavy atom. The van der Waals surface area contributed by atoms with Crippen molar-refractivity contribution in [1.82, 2.24) is 5.32 Å². The average Bonchev–Trinajstić information content (AvgIpc) is 2.35. The van der Waals surface area contributed by atoms with Gasteiger partial charge in [0, 0.05) is 6.04 Å². The molecule has 0 spiro atoms. The van der Waals surface area contributed by atoms with Gasteiger partial charge < -0.3 is 9.47 Å². The van der Waals surface area contributed by atoms with Gasteiger partial charge in [-0.25, -0.2) is 4.79 Å². The number of benzene rings is 1. The van der Waals surface area contributed by atoms with E-state index in [4.69, 9.17) is 9.47 Å². The maximum absolute atomic E-state index is 11.7. The van der Waals surface area contributed by atoms with Gasteiger partial charge in [-0.1, -0.05) is 12.1 Å². The van der Waals surface area contributed by atoms with Gasteiger partial charge in [0.05, 0.1) is 14.2 Å². The van der Waals surface area contributed by atoms with Gasteiger partial charge >= 0.3 is 5.97 Å². The minimum Gasteiger partial charge on any atom is -0.497 e. The zero-order valence-corrected chi connectivity index (χ0v) is 10.7. The van der Waals surface area contributed by atoms with E-state index in [-0.39, 0.29) is 12.0 Å². The molecule has 0 radical (unpaired) electrons. The molecule has 0 aliphatic rings. The molecule has 94 valence electrons. The largest absolute Gasteiger partial charge is 0.497 e. The first-order valence-electron chi connectivity index (χ1n) is 5.56. The number of rotatable bonds is 5. The molecule has 0 aromatic heterocycles. The van der Waals surface area contributed by atoms with Crippen LogP contribution in [-0.4, -0.2) is 26.2 Å². The summed E-state index contributed by atoms with van der Waals surface area (Å²) >= 11 is 0. The molecule has 4 nitrogen and oxygen atoms in total. The van der Waals surface area contributed by atoms with Crippen LogP contribution in [0.4, 0.5) is 0 Å². The maximum Gasteiger partial charge on any atom is 0.327 e. The number of hydrogen-bond acceptors (Lipinski definition) is 4. The topological polar surface area (TPSA) is 47.6 Å². The second-order valence-corrected chi connectivity index (χ2v) is 4.05. The smallest absolute Gasteiger partial charge is 0.327 e. The van der Waals surface area contributed by atoms with E-state index >= 15 is 0 Å². The molecule has 17 heavy (non-hydrogen) atoms. The SMILES string of the molecule is COC(=O)C(NC(C)C)c1cccc(OC)c1. The molecule has 1 aromatic carbocycles. The van der Waals surface area contributed by atoms with Crippen molar-refractivity contribution in [2.45, 2.75) is 25.9 Å². The number of hydrogen-bond donors (Lipinski definition) is 1. The van der Waals surface area contributed by atoms with Crippen LogP contribution in [0.15, 0.2) is 24.3 Å². The Morgan fingerprint density at radius 1 is 1.29 bits per heavy atom. The van der Waals surface area contributed by atoms with Crippen molar-refractivity contribution in [2.75, 3.05) is 14.2 Å². The molecule has 1 N–H and O–H groups in total. The first kappa shape index (κ1) is 13.5. The Kier molecular flexibility index (Phi) is 4.97. The molecule has 1 rings (SSSR count). The van der Waals surface area contributed by atoms with Crippen molar-refractivity contribution in [3.8, 4) is 5.75 Å². The van der Waals surface area contributed by atoms with Crippen LogP contribution in [0.5, 0.6) is 5.75 Å². The molecule has 1 aromatic rings. The van der Waals surface area contributed by atoms with E-state index in [0.717, 1.165) is 11.3 Å². The zero-order chi connectivity index (χ0) is 12.8. The summed E-state index contributed by atoms with van der Waals surface area (Å²) < 4.78 is 9.94. The summed E-state index contributed by atoms with van der Waals surface area (Å²) in [5.74, 6) is 0.425. The second-order valence-electron chi connectivity index (χ2n) is 4.05. The van der Waals surface area contributed by atoms with Gasteiger partial charge in [0.2, 0.25) is 0 Å². The Hall–Kier alpha value is -1.55. The fraction of sp³-hybridized carbons (Fsp3) is 0.462. The summed E-state index contributed by atoms with van der Waals surface area (Å²) in [5.41, 5.74) is 0.838. The molecule has 0 saturated heterocycles. The minimum absolute atomic E-state index is 0.185. The van der Waals surface area contributed by atoms with Crippen molar-refractivity contribution < 1.29 is 14.3 Å². The molecule has 0 aliphatic carbocycles. The first-order chi connectivity index (χ1) is 8.08. The number of nitrogens with one attached hydrogen (secondary N) is 1. The van der Waals surface area contributed by atoms with E-state index < -0.39 is 6.04 Å². The summed E-state index contributed by atoms with van der Waals surface area (Å²) in [7, 11) is 2.99.